The summed E-state index contributed by atoms with van der Waals surface area (Å²) >= 11 is 0. The maximum atomic E-state index is 11.7. The Labute approximate surface area is 106 Å². The second-order valence-electron chi connectivity index (χ2n) is 5.30. The first-order valence-electron chi connectivity index (χ1n) is 5.77. The van der Waals surface area contributed by atoms with Crippen molar-refractivity contribution in [2.45, 2.75) is 39.2 Å². The molecule has 1 unspecified atom stereocenters. The number of hydrogen-bond acceptors (Lipinski definition) is 4. The number of amides is 1. The molecule has 6 heteroatoms. The SMILES string of the molecule is CC(C)(C)NC(=O)CC(Cc1cnc[nH]1)C(=O)[O-]. The monoisotopic (exact) mass is 252 g/mol. The number of carboxylic acid groups (broad SMARTS) is 1. The van der Waals surface area contributed by atoms with Crippen LogP contribution in [0.2, 0.25) is 0 Å². The number of carboxylic acids is 1. The molecule has 0 radical (unpaired) electrons. The maximum absolute atomic E-state index is 11.7. The molecular formula is C12H18N3O3-. The van der Waals surface area contributed by atoms with Gasteiger partial charge in [-0.25, -0.2) is 4.98 Å². The van der Waals surface area contributed by atoms with Crippen LogP contribution < -0.4 is 10.4 Å². The first kappa shape index (κ1) is 14.2. The fourth-order valence-electron chi connectivity index (χ4n) is 1.59. The summed E-state index contributed by atoms with van der Waals surface area (Å²) in [5.74, 6) is -2.38. The lowest BCUT2D eigenvalue weighted by atomic mass is 9.98. The third-order valence-corrected chi connectivity index (χ3v) is 2.30. The molecule has 1 rings (SSSR count). The molecule has 2 N–H and O–H groups in total. The van der Waals surface area contributed by atoms with E-state index < -0.39 is 11.9 Å². The molecule has 0 spiro atoms. The Hall–Kier alpha value is -1.85. The second kappa shape index (κ2) is 5.66. The number of rotatable bonds is 5. The summed E-state index contributed by atoms with van der Waals surface area (Å²) in [6.07, 6.45) is 3.12. The summed E-state index contributed by atoms with van der Waals surface area (Å²) in [6.45, 7) is 5.52. The highest BCUT2D eigenvalue weighted by molar-refractivity contribution is 5.82. The topological polar surface area (TPSA) is 97.9 Å². The van der Waals surface area contributed by atoms with Crippen LogP contribution in [-0.4, -0.2) is 27.4 Å². The van der Waals surface area contributed by atoms with E-state index in [0.717, 1.165) is 0 Å². The number of H-pyrrole nitrogens is 1. The molecule has 0 fully saturated rings. The average molecular weight is 252 g/mol. The average Bonchev–Trinajstić information content (AvgIpc) is 2.66. The number of nitrogens with zero attached hydrogens (tertiary/aromatic N) is 1. The summed E-state index contributed by atoms with van der Waals surface area (Å²) in [5.41, 5.74) is 0.300. The molecule has 0 aromatic carbocycles. The van der Waals surface area contributed by atoms with Crippen LogP contribution in [0.25, 0.3) is 0 Å². The number of carbonyl (C=O) groups is 2. The molecule has 1 atom stereocenters. The van der Waals surface area contributed by atoms with Gasteiger partial charge in [0.25, 0.3) is 0 Å². The van der Waals surface area contributed by atoms with Crippen molar-refractivity contribution < 1.29 is 14.7 Å². The van der Waals surface area contributed by atoms with Crippen LogP contribution in [0.1, 0.15) is 32.9 Å². The lowest BCUT2D eigenvalue weighted by Gasteiger charge is -2.23. The van der Waals surface area contributed by atoms with Gasteiger partial charge in [-0.2, -0.15) is 0 Å². The molecule has 0 aliphatic heterocycles. The minimum absolute atomic E-state index is 0.0986. The molecule has 18 heavy (non-hydrogen) atoms. The lowest BCUT2D eigenvalue weighted by molar-refractivity contribution is -0.311. The molecule has 1 aromatic rings. The Morgan fingerprint density at radius 3 is 2.61 bits per heavy atom. The quantitative estimate of drug-likeness (QED) is 0.746. The van der Waals surface area contributed by atoms with E-state index >= 15 is 0 Å². The first-order valence-corrected chi connectivity index (χ1v) is 5.77. The van der Waals surface area contributed by atoms with E-state index in [0.29, 0.717) is 5.69 Å². The minimum atomic E-state index is -1.23. The molecule has 0 saturated heterocycles. The van der Waals surface area contributed by atoms with E-state index in [1.165, 1.54) is 12.5 Å². The Morgan fingerprint density at radius 1 is 1.50 bits per heavy atom. The molecular weight excluding hydrogens is 234 g/mol. The van der Waals surface area contributed by atoms with Crippen LogP contribution in [0.3, 0.4) is 0 Å². The van der Waals surface area contributed by atoms with Crippen molar-refractivity contribution in [3.05, 3.63) is 18.2 Å². The lowest BCUT2D eigenvalue weighted by Crippen LogP contribution is -2.43. The standard InChI is InChI=1S/C12H19N3O3/c1-12(2,3)15-10(16)5-8(11(17)18)4-9-6-13-7-14-9/h6-8H,4-5H2,1-3H3,(H,13,14)(H,15,16)(H,17,18)/p-1. The molecule has 100 valence electrons. The van der Waals surface area contributed by atoms with Gasteiger partial charge in [0, 0.05) is 35.7 Å². The van der Waals surface area contributed by atoms with Crippen LogP contribution in [0.5, 0.6) is 0 Å². The van der Waals surface area contributed by atoms with E-state index in [9.17, 15) is 14.7 Å². The van der Waals surface area contributed by atoms with Crippen molar-refractivity contribution in [3.8, 4) is 0 Å². The fraction of sp³-hybridized carbons (Fsp3) is 0.583. The summed E-state index contributed by atoms with van der Waals surface area (Å²) in [6, 6.07) is 0. The Balaban J connectivity index is 2.58. The van der Waals surface area contributed by atoms with Crippen molar-refractivity contribution in [3.63, 3.8) is 0 Å². The van der Waals surface area contributed by atoms with Gasteiger partial charge in [0.15, 0.2) is 0 Å². The maximum Gasteiger partial charge on any atom is 0.221 e. The highest BCUT2D eigenvalue weighted by Gasteiger charge is 2.20. The molecule has 0 aliphatic carbocycles. The van der Waals surface area contributed by atoms with E-state index in [4.69, 9.17) is 0 Å². The summed E-state index contributed by atoms with van der Waals surface area (Å²) < 4.78 is 0. The minimum Gasteiger partial charge on any atom is -0.550 e. The summed E-state index contributed by atoms with van der Waals surface area (Å²) in [4.78, 5) is 29.3. The number of hydrogen-bond donors (Lipinski definition) is 2. The molecule has 1 heterocycles. The predicted molar refractivity (Wildman–Crippen MR) is 63.3 cm³/mol. The zero-order valence-corrected chi connectivity index (χ0v) is 10.8. The van der Waals surface area contributed by atoms with Crippen LogP contribution in [0.4, 0.5) is 0 Å². The molecule has 0 aliphatic rings. The fourth-order valence-corrected chi connectivity index (χ4v) is 1.59. The molecule has 0 bridgehead atoms. The number of nitrogens with one attached hydrogen (secondary N) is 2. The van der Waals surface area contributed by atoms with Crippen molar-refractivity contribution >= 4 is 11.9 Å². The third kappa shape index (κ3) is 4.99. The van der Waals surface area contributed by atoms with Gasteiger partial charge in [0.1, 0.15) is 0 Å². The third-order valence-electron chi connectivity index (χ3n) is 2.30. The van der Waals surface area contributed by atoms with Gasteiger partial charge in [0.2, 0.25) is 5.91 Å². The normalized spacial score (nSPS) is 13.1. The molecule has 1 amide bonds. The number of imidazole rings is 1. The Kier molecular flexibility index (Phi) is 4.47. The van der Waals surface area contributed by atoms with Gasteiger partial charge >= 0.3 is 0 Å². The van der Waals surface area contributed by atoms with Gasteiger partial charge < -0.3 is 20.2 Å². The number of aliphatic carboxylic acids is 1. The van der Waals surface area contributed by atoms with Crippen LogP contribution in [-0.2, 0) is 16.0 Å². The van der Waals surface area contributed by atoms with E-state index in [2.05, 4.69) is 15.3 Å². The van der Waals surface area contributed by atoms with Gasteiger partial charge in [0.05, 0.1) is 6.33 Å². The van der Waals surface area contributed by atoms with Gasteiger partial charge in [-0.05, 0) is 27.2 Å². The van der Waals surface area contributed by atoms with Gasteiger partial charge in [-0.3, -0.25) is 4.79 Å². The largest absolute Gasteiger partial charge is 0.550 e. The zero-order chi connectivity index (χ0) is 13.8. The summed E-state index contributed by atoms with van der Waals surface area (Å²) in [5, 5.41) is 13.7. The highest BCUT2D eigenvalue weighted by atomic mass is 16.4. The smallest absolute Gasteiger partial charge is 0.221 e. The highest BCUT2D eigenvalue weighted by Crippen LogP contribution is 2.11. The first-order chi connectivity index (χ1) is 8.28. The number of aromatic amines is 1. The Bertz CT molecular complexity index is 407. The van der Waals surface area contributed by atoms with Gasteiger partial charge in [-0.15, -0.1) is 0 Å². The van der Waals surface area contributed by atoms with E-state index in [1.54, 1.807) is 0 Å². The van der Waals surface area contributed by atoms with E-state index in [1.807, 2.05) is 20.8 Å². The van der Waals surface area contributed by atoms with Crippen LogP contribution in [0, 0.1) is 5.92 Å². The van der Waals surface area contributed by atoms with Gasteiger partial charge in [-0.1, -0.05) is 0 Å². The van der Waals surface area contributed by atoms with Crippen LogP contribution >= 0.6 is 0 Å². The summed E-state index contributed by atoms with van der Waals surface area (Å²) in [7, 11) is 0. The molecule has 1 aromatic heterocycles. The number of aromatic nitrogens is 2. The van der Waals surface area contributed by atoms with Crippen molar-refractivity contribution in [2.75, 3.05) is 0 Å². The second-order valence-corrected chi connectivity index (χ2v) is 5.30. The van der Waals surface area contributed by atoms with Crippen LogP contribution in [0.15, 0.2) is 12.5 Å². The Morgan fingerprint density at radius 2 is 2.17 bits per heavy atom. The predicted octanol–water partition coefficient (Wildman–Crippen LogP) is -0.377. The van der Waals surface area contributed by atoms with E-state index in [-0.39, 0.29) is 24.3 Å². The van der Waals surface area contributed by atoms with Crippen molar-refractivity contribution in [2.24, 2.45) is 5.92 Å². The van der Waals surface area contributed by atoms with Crippen molar-refractivity contribution in [1.29, 1.82) is 0 Å². The zero-order valence-electron chi connectivity index (χ0n) is 10.8. The van der Waals surface area contributed by atoms with Crippen molar-refractivity contribution in [1.82, 2.24) is 15.3 Å². The molecule has 6 nitrogen and oxygen atoms in total. The molecule has 0 saturated carbocycles. The number of carbonyl (C=O) groups excluding carboxylic acids is 2.